The Morgan fingerprint density at radius 1 is 0.875 bits per heavy atom. The minimum atomic E-state index is 0. The maximum absolute atomic E-state index is 3.07. The van der Waals surface area contributed by atoms with Crippen molar-refractivity contribution in [1.29, 1.82) is 0 Å². The van der Waals surface area contributed by atoms with E-state index in [-0.39, 0.29) is 17.0 Å². The molecule has 52 valence electrons. The van der Waals surface area contributed by atoms with Crippen molar-refractivity contribution >= 4 is 0 Å². The zero-order valence-electron chi connectivity index (χ0n) is 5.91. The molecule has 0 radical (unpaired) electrons. The first-order valence-corrected chi connectivity index (χ1v) is 2.99. The molecule has 8 heavy (non-hydrogen) atoms. The zero-order chi connectivity index (χ0) is 5.70. The van der Waals surface area contributed by atoms with Gasteiger partial charge in [0.05, 0.1) is 0 Å². The summed E-state index contributed by atoms with van der Waals surface area (Å²) in [4.78, 5) is 0. The van der Waals surface area contributed by atoms with Gasteiger partial charge in [0, 0.05) is 20.8 Å². The standard InChI is InChI=1S/C6H15O.BrH/c1-4-7(5-2)6-3;/h4-6H2,1-3H3;1H/q+1;/p-1. The van der Waals surface area contributed by atoms with E-state index in [4.69, 9.17) is 0 Å². The second-order valence-corrected chi connectivity index (χ2v) is 1.48. The van der Waals surface area contributed by atoms with E-state index in [2.05, 4.69) is 25.1 Å². The summed E-state index contributed by atoms with van der Waals surface area (Å²) in [6.45, 7) is 9.76. The maximum Gasteiger partial charge on any atom is 0.142 e. The van der Waals surface area contributed by atoms with Gasteiger partial charge in [0.2, 0.25) is 0 Å². The molecule has 0 unspecified atom stereocenters. The Labute approximate surface area is 62.5 Å². The topological polar surface area (TPSA) is 2.70 Å². The predicted molar refractivity (Wildman–Crippen MR) is 32.7 cm³/mol. The number of hydrogen-bond donors (Lipinski definition) is 0. The monoisotopic (exact) mass is 182 g/mol. The van der Waals surface area contributed by atoms with Crippen LogP contribution in [0.1, 0.15) is 20.8 Å². The Morgan fingerprint density at radius 3 is 1.12 bits per heavy atom. The molecule has 0 saturated carbocycles. The number of rotatable bonds is 3. The van der Waals surface area contributed by atoms with Gasteiger partial charge in [-0.1, -0.05) is 0 Å². The molecule has 0 aromatic rings. The first-order valence-electron chi connectivity index (χ1n) is 2.99. The van der Waals surface area contributed by atoms with Crippen LogP contribution in [0.2, 0.25) is 0 Å². The lowest BCUT2D eigenvalue weighted by atomic mass is 10.7. The molecule has 0 spiro atoms. The van der Waals surface area contributed by atoms with Gasteiger partial charge >= 0.3 is 0 Å². The van der Waals surface area contributed by atoms with Gasteiger partial charge < -0.3 is 21.3 Å². The van der Waals surface area contributed by atoms with Crippen molar-refractivity contribution in [3.05, 3.63) is 0 Å². The van der Waals surface area contributed by atoms with Gasteiger partial charge in [-0.2, -0.15) is 0 Å². The van der Waals surface area contributed by atoms with Crippen LogP contribution in [0.5, 0.6) is 0 Å². The van der Waals surface area contributed by atoms with Crippen LogP contribution in [0, 0.1) is 0 Å². The first kappa shape index (κ1) is 11.3. The molecule has 0 aromatic heterocycles. The van der Waals surface area contributed by atoms with Crippen molar-refractivity contribution in [1.82, 2.24) is 0 Å². The number of hydrogen-bond acceptors (Lipinski definition) is 0. The van der Waals surface area contributed by atoms with E-state index >= 15 is 0 Å². The van der Waals surface area contributed by atoms with Crippen LogP contribution in [0.25, 0.3) is 0 Å². The minimum Gasteiger partial charge on any atom is -1.00 e. The molecule has 0 fully saturated rings. The lowest BCUT2D eigenvalue weighted by molar-refractivity contribution is -0.119. The molecule has 0 heterocycles. The highest BCUT2D eigenvalue weighted by molar-refractivity contribution is 4.27. The lowest BCUT2D eigenvalue weighted by Gasteiger charge is -2.11. The second-order valence-electron chi connectivity index (χ2n) is 1.48. The van der Waals surface area contributed by atoms with Gasteiger partial charge in [0.25, 0.3) is 0 Å². The molecule has 0 bridgehead atoms. The summed E-state index contributed by atoms with van der Waals surface area (Å²) >= 11 is 0. The van der Waals surface area contributed by atoms with Crippen molar-refractivity contribution in [3.63, 3.8) is 0 Å². The third kappa shape index (κ3) is 4.60. The van der Waals surface area contributed by atoms with E-state index in [1.807, 2.05) is 0 Å². The summed E-state index contributed by atoms with van der Waals surface area (Å²) in [7, 11) is 0. The first-order chi connectivity index (χ1) is 3.35. The second kappa shape index (κ2) is 7.44. The molecular weight excluding hydrogens is 168 g/mol. The highest BCUT2D eigenvalue weighted by atomic mass is 79.9. The average molecular weight is 183 g/mol. The summed E-state index contributed by atoms with van der Waals surface area (Å²) in [5.41, 5.74) is 0. The van der Waals surface area contributed by atoms with Crippen molar-refractivity contribution in [2.75, 3.05) is 19.8 Å². The molecule has 0 atom stereocenters. The van der Waals surface area contributed by atoms with Gasteiger partial charge in [0.15, 0.2) is 0 Å². The van der Waals surface area contributed by atoms with Gasteiger partial charge in [0.1, 0.15) is 19.8 Å². The smallest absolute Gasteiger partial charge is 0.142 e. The van der Waals surface area contributed by atoms with Crippen molar-refractivity contribution in [3.8, 4) is 0 Å². The molecular formula is C6H15BrO. The summed E-state index contributed by atoms with van der Waals surface area (Å²) < 4.78 is 3.07. The van der Waals surface area contributed by atoms with Crippen LogP contribution in [0.4, 0.5) is 0 Å². The Hall–Kier alpha value is 0.440. The van der Waals surface area contributed by atoms with Crippen LogP contribution < -0.4 is 17.0 Å². The maximum atomic E-state index is 3.07. The van der Waals surface area contributed by atoms with E-state index in [0.717, 1.165) is 19.8 Å². The fourth-order valence-corrected chi connectivity index (χ4v) is 0.612. The molecule has 0 amide bonds. The summed E-state index contributed by atoms with van der Waals surface area (Å²) in [5.74, 6) is 0. The molecule has 2 heteroatoms. The van der Waals surface area contributed by atoms with E-state index in [0.29, 0.717) is 0 Å². The van der Waals surface area contributed by atoms with Crippen LogP contribution >= 0.6 is 0 Å². The highest BCUT2D eigenvalue weighted by Gasteiger charge is 1.94. The Balaban J connectivity index is 0. The highest BCUT2D eigenvalue weighted by Crippen LogP contribution is 1.90. The van der Waals surface area contributed by atoms with E-state index in [1.54, 1.807) is 0 Å². The third-order valence-electron chi connectivity index (χ3n) is 1.22. The summed E-state index contributed by atoms with van der Waals surface area (Å²) in [6, 6.07) is 0. The SMILES string of the molecule is CC[O+](CC)CC.[Br-]. The third-order valence-corrected chi connectivity index (χ3v) is 1.22. The normalized spacial score (nSPS) is 9.00. The lowest BCUT2D eigenvalue weighted by Crippen LogP contribution is -3.00. The largest absolute Gasteiger partial charge is 1.00 e. The number of halogens is 1. The molecule has 0 N–H and O–H groups in total. The van der Waals surface area contributed by atoms with Crippen LogP contribution in [0.15, 0.2) is 0 Å². The van der Waals surface area contributed by atoms with Crippen LogP contribution in [-0.2, 0) is 4.37 Å². The van der Waals surface area contributed by atoms with Crippen LogP contribution in [0.3, 0.4) is 0 Å². The molecule has 0 saturated heterocycles. The quantitative estimate of drug-likeness (QED) is 0.473. The molecule has 0 aromatic carbocycles. The fourth-order valence-electron chi connectivity index (χ4n) is 0.612. The Morgan fingerprint density at radius 2 is 1.12 bits per heavy atom. The molecule has 0 rings (SSSR count). The van der Waals surface area contributed by atoms with Crippen molar-refractivity contribution in [2.24, 2.45) is 0 Å². The Kier molecular flexibility index (Phi) is 10.5. The summed E-state index contributed by atoms with van der Waals surface area (Å²) in [5, 5.41) is 0. The van der Waals surface area contributed by atoms with E-state index in [9.17, 15) is 0 Å². The van der Waals surface area contributed by atoms with Crippen molar-refractivity contribution in [2.45, 2.75) is 20.8 Å². The fraction of sp³-hybridized carbons (Fsp3) is 1.00. The molecule has 0 aliphatic heterocycles. The molecule has 1 nitrogen and oxygen atoms in total. The average Bonchev–Trinajstić information content (AvgIpc) is 1.72. The van der Waals surface area contributed by atoms with Crippen molar-refractivity contribution < 1.29 is 21.3 Å². The van der Waals surface area contributed by atoms with E-state index < -0.39 is 0 Å². The minimum absolute atomic E-state index is 0. The van der Waals surface area contributed by atoms with Gasteiger partial charge in [-0.3, -0.25) is 0 Å². The van der Waals surface area contributed by atoms with Crippen LogP contribution in [-0.4, -0.2) is 19.8 Å². The van der Waals surface area contributed by atoms with Gasteiger partial charge in [-0.05, 0) is 0 Å². The van der Waals surface area contributed by atoms with Gasteiger partial charge in [-0.15, -0.1) is 0 Å². The molecule has 0 aliphatic rings. The summed E-state index contributed by atoms with van der Waals surface area (Å²) in [6.07, 6.45) is 0. The predicted octanol–water partition coefficient (Wildman–Crippen LogP) is -1.40. The van der Waals surface area contributed by atoms with Gasteiger partial charge in [-0.25, -0.2) is 0 Å². The van der Waals surface area contributed by atoms with E-state index in [1.165, 1.54) is 0 Å². The Bertz CT molecular complexity index is 30.0. The zero-order valence-corrected chi connectivity index (χ0v) is 7.49. The molecule has 0 aliphatic carbocycles.